The van der Waals surface area contributed by atoms with Crippen molar-refractivity contribution in [2.45, 2.75) is 59.0 Å². The molecule has 5 heteroatoms. The van der Waals surface area contributed by atoms with Crippen molar-refractivity contribution in [3.63, 3.8) is 0 Å². The van der Waals surface area contributed by atoms with Gasteiger partial charge in [-0.25, -0.2) is 4.98 Å². The molecule has 2 aromatic rings. The van der Waals surface area contributed by atoms with E-state index in [1.807, 2.05) is 12.5 Å². The third kappa shape index (κ3) is 5.31. The molecule has 162 valence electrons. The summed E-state index contributed by atoms with van der Waals surface area (Å²) in [5.74, 6) is 1.22. The number of piperidine rings is 1. The maximum atomic E-state index is 12.6. The predicted molar refractivity (Wildman–Crippen MR) is 120 cm³/mol. The van der Waals surface area contributed by atoms with E-state index in [1.54, 1.807) is 6.20 Å². The van der Waals surface area contributed by atoms with Crippen LogP contribution < -0.4 is 5.32 Å². The molecule has 1 unspecified atom stereocenters. The summed E-state index contributed by atoms with van der Waals surface area (Å²) in [6, 6.07) is 9.15. The molecule has 1 aliphatic heterocycles. The van der Waals surface area contributed by atoms with Gasteiger partial charge in [-0.3, -0.25) is 9.69 Å². The Hall–Kier alpha value is -2.14. The van der Waals surface area contributed by atoms with Crippen molar-refractivity contribution in [1.82, 2.24) is 19.8 Å². The van der Waals surface area contributed by atoms with Gasteiger partial charge < -0.3 is 9.88 Å². The van der Waals surface area contributed by atoms with E-state index in [0.29, 0.717) is 5.92 Å². The second-order valence-corrected chi connectivity index (χ2v) is 9.75. The minimum atomic E-state index is 0.239. The van der Waals surface area contributed by atoms with E-state index in [2.05, 4.69) is 57.9 Å². The van der Waals surface area contributed by atoms with Crippen LogP contribution in [0.1, 0.15) is 50.7 Å². The number of aryl methyl sites for hydroxylation is 1. The largest absolute Gasteiger partial charge is 0.356 e. The van der Waals surface area contributed by atoms with E-state index in [9.17, 15) is 4.79 Å². The first-order valence-electron chi connectivity index (χ1n) is 11.6. The maximum Gasteiger partial charge on any atom is 0.223 e. The van der Waals surface area contributed by atoms with Crippen molar-refractivity contribution in [3.8, 4) is 0 Å². The second kappa shape index (κ2) is 9.34. The molecule has 1 saturated heterocycles. The van der Waals surface area contributed by atoms with Crippen LogP contribution in [0.15, 0.2) is 43.0 Å². The van der Waals surface area contributed by atoms with Gasteiger partial charge in [0.05, 0.1) is 6.33 Å². The summed E-state index contributed by atoms with van der Waals surface area (Å²) in [4.78, 5) is 19.2. The summed E-state index contributed by atoms with van der Waals surface area (Å²) in [6.07, 6.45) is 11.1. The zero-order chi connectivity index (χ0) is 21.0. The quantitative estimate of drug-likeness (QED) is 0.641. The number of hydrogen-bond donors (Lipinski definition) is 1. The number of carbonyl (C=O) groups excluding carboxylic acids is 1. The van der Waals surface area contributed by atoms with Crippen LogP contribution in [0, 0.1) is 17.3 Å². The zero-order valence-corrected chi connectivity index (χ0v) is 18.5. The van der Waals surface area contributed by atoms with Gasteiger partial charge in [0.1, 0.15) is 0 Å². The number of benzene rings is 1. The molecule has 4 rings (SSSR count). The molecule has 5 nitrogen and oxygen atoms in total. The molecule has 1 amide bonds. The van der Waals surface area contributed by atoms with Crippen LogP contribution >= 0.6 is 0 Å². The highest BCUT2D eigenvalue weighted by molar-refractivity contribution is 5.82. The van der Waals surface area contributed by atoms with Crippen molar-refractivity contribution >= 4 is 5.91 Å². The highest BCUT2D eigenvalue weighted by Crippen LogP contribution is 2.59. The van der Waals surface area contributed by atoms with Crippen LogP contribution in [-0.2, 0) is 24.3 Å². The van der Waals surface area contributed by atoms with Gasteiger partial charge in [0, 0.05) is 37.9 Å². The summed E-state index contributed by atoms with van der Waals surface area (Å²) in [7, 11) is 0. The Morgan fingerprint density at radius 2 is 1.93 bits per heavy atom. The van der Waals surface area contributed by atoms with E-state index in [-0.39, 0.29) is 17.2 Å². The summed E-state index contributed by atoms with van der Waals surface area (Å²) in [5.41, 5.74) is 3.12. The van der Waals surface area contributed by atoms with Gasteiger partial charge in [-0.05, 0) is 67.7 Å². The molecule has 1 aliphatic carbocycles. The van der Waals surface area contributed by atoms with E-state index >= 15 is 0 Å². The lowest BCUT2D eigenvalue weighted by Crippen LogP contribution is -2.37. The summed E-state index contributed by atoms with van der Waals surface area (Å²) >= 11 is 0. The van der Waals surface area contributed by atoms with E-state index in [1.165, 1.54) is 11.1 Å². The van der Waals surface area contributed by atoms with Crippen LogP contribution in [0.3, 0.4) is 0 Å². The number of carbonyl (C=O) groups is 1. The first-order chi connectivity index (χ1) is 14.5. The Bertz CT molecular complexity index is 804. The fourth-order valence-electron chi connectivity index (χ4n) is 4.95. The zero-order valence-electron chi connectivity index (χ0n) is 18.5. The van der Waals surface area contributed by atoms with Crippen molar-refractivity contribution in [2.75, 3.05) is 19.6 Å². The smallest absolute Gasteiger partial charge is 0.223 e. The fraction of sp³-hybridized carbons (Fsp3) is 0.600. The Balaban J connectivity index is 1.16. The van der Waals surface area contributed by atoms with Crippen molar-refractivity contribution in [1.29, 1.82) is 0 Å². The van der Waals surface area contributed by atoms with Crippen molar-refractivity contribution in [3.05, 3.63) is 54.1 Å². The van der Waals surface area contributed by atoms with Crippen LogP contribution in [0.25, 0.3) is 0 Å². The number of likely N-dealkylation sites (tertiary alicyclic amines) is 1. The lowest BCUT2D eigenvalue weighted by molar-refractivity contribution is -0.123. The Morgan fingerprint density at radius 1 is 1.20 bits per heavy atom. The summed E-state index contributed by atoms with van der Waals surface area (Å²) < 4.78 is 2.05. The van der Waals surface area contributed by atoms with Gasteiger partial charge >= 0.3 is 0 Å². The van der Waals surface area contributed by atoms with Crippen LogP contribution in [0.5, 0.6) is 0 Å². The second-order valence-electron chi connectivity index (χ2n) is 9.75. The van der Waals surface area contributed by atoms with E-state index in [0.717, 1.165) is 64.8 Å². The number of nitrogens with zero attached hydrogens (tertiary/aromatic N) is 3. The molecule has 1 aromatic heterocycles. The average molecular weight is 409 g/mol. The summed E-state index contributed by atoms with van der Waals surface area (Å²) in [5, 5.41) is 3.16. The first-order valence-corrected chi connectivity index (χ1v) is 11.6. The van der Waals surface area contributed by atoms with Crippen molar-refractivity contribution < 1.29 is 4.79 Å². The highest BCUT2D eigenvalue weighted by Gasteiger charge is 2.58. The molecule has 30 heavy (non-hydrogen) atoms. The van der Waals surface area contributed by atoms with Crippen LogP contribution in [-0.4, -0.2) is 40.0 Å². The van der Waals surface area contributed by atoms with E-state index in [4.69, 9.17) is 0 Å². The Labute approximate surface area is 180 Å². The average Bonchev–Trinajstić information content (AvgIpc) is 3.17. The summed E-state index contributed by atoms with van der Waals surface area (Å²) in [6.45, 7) is 9.44. The minimum Gasteiger partial charge on any atom is -0.356 e. The van der Waals surface area contributed by atoms with Gasteiger partial charge in [0.2, 0.25) is 5.91 Å². The third-order valence-corrected chi connectivity index (χ3v) is 6.88. The molecule has 0 bridgehead atoms. The number of aromatic nitrogens is 2. The highest BCUT2D eigenvalue weighted by atomic mass is 16.2. The van der Waals surface area contributed by atoms with Gasteiger partial charge in [-0.15, -0.1) is 0 Å². The normalized spacial score (nSPS) is 20.6. The van der Waals surface area contributed by atoms with Crippen LogP contribution in [0.2, 0.25) is 0 Å². The lowest BCUT2D eigenvalue weighted by atomic mass is 9.90. The van der Waals surface area contributed by atoms with Crippen LogP contribution in [0.4, 0.5) is 0 Å². The molecule has 1 atom stereocenters. The topological polar surface area (TPSA) is 50.2 Å². The van der Waals surface area contributed by atoms with E-state index < -0.39 is 0 Å². The van der Waals surface area contributed by atoms with Gasteiger partial charge in [0.25, 0.3) is 0 Å². The van der Waals surface area contributed by atoms with Gasteiger partial charge in [-0.2, -0.15) is 0 Å². The SMILES string of the molecule is CC(C)Cc1ccc(CN2CCC3(CC2)CC3C(=O)NCCCn2ccnc2)cc1. The molecular formula is C25H36N4O. The van der Waals surface area contributed by atoms with Gasteiger partial charge in [-0.1, -0.05) is 38.1 Å². The van der Waals surface area contributed by atoms with Crippen molar-refractivity contribution in [2.24, 2.45) is 17.3 Å². The standard InChI is InChI=1S/C25H36N4O/c1-20(2)16-21-4-6-22(7-5-21)18-28-13-8-25(9-14-28)17-23(25)24(30)27-10-3-12-29-15-11-26-19-29/h4-7,11,15,19-20,23H,3,8-10,12-14,16-18H2,1-2H3,(H,27,30). The first kappa shape index (κ1) is 21.1. The number of imidazole rings is 1. The molecular weight excluding hydrogens is 372 g/mol. The number of amides is 1. The molecule has 0 radical (unpaired) electrons. The molecule has 1 aromatic carbocycles. The Morgan fingerprint density at radius 3 is 2.60 bits per heavy atom. The molecule has 1 saturated carbocycles. The molecule has 1 spiro atoms. The molecule has 2 aliphatic rings. The number of nitrogens with one attached hydrogen (secondary N) is 1. The fourth-order valence-corrected chi connectivity index (χ4v) is 4.95. The molecule has 1 N–H and O–H groups in total. The monoisotopic (exact) mass is 408 g/mol. The minimum absolute atomic E-state index is 0.239. The molecule has 2 fully saturated rings. The number of rotatable bonds is 9. The maximum absolute atomic E-state index is 12.6. The molecule has 2 heterocycles. The Kier molecular flexibility index (Phi) is 6.57. The predicted octanol–water partition coefficient (Wildman–Crippen LogP) is 3.89. The van der Waals surface area contributed by atoms with Gasteiger partial charge in [0.15, 0.2) is 0 Å². The third-order valence-electron chi connectivity index (χ3n) is 6.88. The number of hydrogen-bond acceptors (Lipinski definition) is 3. The lowest BCUT2D eigenvalue weighted by Gasteiger charge is -2.32.